The first-order valence-corrected chi connectivity index (χ1v) is 18.9. The van der Waals surface area contributed by atoms with Crippen molar-refractivity contribution < 1.29 is 8.83 Å². The normalized spacial score (nSPS) is 12.6. The van der Waals surface area contributed by atoms with Crippen molar-refractivity contribution in [3.05, 3.63) is 158 Å². The zero-order valence-electron chi connectivity index (χ0n) is 29.6. The standard InChI is InChI=1S/C50H26N4O2/c1-2-12-32-29(9-1)35-23-37-30-10-3-7-15-45(30)56-48(37)26-43(35)54-44-22-28(18-20-40(44)52-49(32)54)27-17-19-33-34(21-27)36-25-47-38(31-11-4-8-16-46(31)55-47)24-42(36)53-41-14-6-5-13-39(41)51-50(33)53/h1-26H. The fourth-order valence-electron chi connectivity index (χ4n) is 9.51. The SMILES string of the molecule is c1ccc2c(c1)nc1c3ccc(-c4ccc5nc6c7ccccc7c7cc8c(cc7n6c5c4)oc4ccccc48)cc3c3cc4oc5ccccc5c4cc3n21. The van der Waals surface area contributed by atoms with Crippen molar-refractivity contribution in [2.45, 2.75) is 0 Å². The van der Waals surface area contributed by atoms with Crippen molar-refractivity contribution in [2.24, 2.45) is 0 Å². The Bertz CT molecular complexity index is 4070. The first kappa shape index (κ1) is 28.8. The van der Waals surface area contributed by atoms with Gasteiger partial charge in [0.1, 0.15) is 33.6 Å². The van der Waals surface area contributed by atoms with E-state index in [1.807, 2.05) is 24.3 Å². The molecule has 14 aromatic rings. The summed E-state index contributed by atoms with van der Waals surface area (Å²) in [4.78, 5) is 10.5. The van der Waals surface area contributed by atoms with Crippen LogP contribution in [0.4, 0.5) is 0 Å². The maximum absolute atomic E-state index is 6.45. The van der Waals surface area contributed by atoms with Crippen molar-refractivity contribution in [3.8, 4) is 11.1 Å². The summed E-state index contributed by atoms with van der Waals surface area (Å²) < 4.78 is 17.5. The molecule has 0 fully saturated rings. The molecule has 0 bridgehead atoms. The molecule has 0 saturated heterocycles. The summed E-state index contributed by atoms with van der Waals surface area (Å²) in [7, 11) is 0. The summed E-state index contributed by atoms with van der Waals surface area (Å²) in [6, 6.07) is 55.9. The Morgan fingerprint density at radius 2 is 0.857 bits per heavy atom. The lowest BCUT2D eigenvalue weighted by atomic mass is 9.98. The summed E-state index contributed by atoms with van der Waals surface area (Å²) >= 11 is 0. The lowest BCUT2D eigenvalue weighted by Crippen LogP contribution is -1.93. The van der Waals surface area contributed by atoms with Crippen LogP contribution in [0.2, 0.25) is 0 Å². The molecule has 0 aliphatic carbocycles. The number of nitrogens with zero attached hydrogens (tertiary/aromatic N) is 4. The van der Waals surface area contributed by atoms with Gasteiger partial charge in [-0.3, -0.25) is 8.80 Å². The Morgan fingerprint density at radius 1 is 0.304 bits per heavy atom. The Labute approximate surface area is 316 Å². The number of imidazole rings is 2. The molecule has 0 aliphatic heterocycles. The molecule has 6 nitrogen and oxygen atoms in total. The number of hydrogen-bond acceptors (Lipinski definition) is 4. The molecule has 6 heterocycles. The lowest BCUT2D eigenvalue weighted by molar-refractivity contribution is 0.669. The number of para-hydroxylation sites is 4. The molecule has 0 amide bonds. The van der Waals surface area contributed by atoms with E-state index in [0.717, 1.165) is 121 Å². The molecular weight excluding hydrogens is 689 g/mol. The van der Waals surface area contributed by atoms with Crippen LogP contribution in [0.1, 0.15) is 0 Å². The third kappa shape index (κ3) is 3.61. The number of furan rings is 2. The van der Waals surface area contributed by atoms with Crippen LogP contribution in [0.5, 0.6) is 0 Å². The van der Waals surface area contributed by atoms with Gasteiger partial charge in [0.2, 0.25) is 0 Å². The van der Waals surface area contributed by atoms with Crippen LogP contribution >= 0.6 is 0 Å². The molecule has 0 saturated carbocycles. The monoisotopic (exact) mass is 714 g/mol. The molecule has 56 heavy (non-hydrogen) atoms. The highest BCUT2D eigenvalue weighted by Crippen LogP contribution is 2.41. The van der Waals surface area contributed by atoms with E-state index in [4.69, 9.17) is 18.8 Å². The van der Waals surface area contributed by atoms with Crippen LogP contribution in [-0.4, -0.2) is 18.8 Å². The van der Waals surface area contributed by atoms with E-state index in [-0.39, 0.29) is 0 Å². The minimum Gasteiger partial charge on any atom is -0.456 e. The smallest absolute Gasteiger partial charge is 0.146 e. The van der Waals surface area contributed by atoms with Gasteiger partial charge in [-0.2, -0.15) is 0 Å². The second-order valence-corrected chi connectivity index (χ2v) is 15.0. The molecule has 258 valence electrons. The molecule has 14 rings (SSSR count). The van der Waals surface area contributed by atoms with Crippen LogP contribution in [0, 0.1) is 0 Å². The number of fused-ring (bicyclic) bond motifs is 22. The molecule has 0 atom stereocenters. The highest BCUT2D eigenvalue weighted by Gasteiger charge is 2.20. The van der Waals surface area contributed by atoms with Crippen LogP contribution in [0.25, 0.3) is 132 Å². The molecule has 8 aromatic carbocycles. The highest BCUT2D eigenvalue weighted by molar-refractivity contribution is 6.21. The third-order valence-corrected chi connectivity index (χ3v) is 12.0. The zero-order valence-corrected chi connectivity index (χ0v) is 29.6. The Kier molecular flexibility index (Phi) is 5.18. The van der Waals surface area contributed by atoms with Crippen LogP contribution in [0.3, 0.4) is 0 Å². The van der Waals surface area contributed by atoms with Crippen molar-refractivity contribution in [2.75, 3.05) is 0 Å². The quantitative estimate of drug-likeness (QED) is 0.159. The lowest BCUT2D eigenvalue weighted by Gasteiger charge is -2.12. The zero-order chi connectivity index (χ0) is 36.2. The van der Waals surface area contributed by atoms with E-state index in [9.17, 15) is 0 Å². The molecular formula is C50H26N4O2. The Balaban J connectivity index is 1.07. The van der Waals surface area contributed by atoms with E-state index in [0.29, 0.717) is 0 Å². The Morgan fingerprint density at radius 3 is 1.66 bits per heavy atom. The highest BCUT2D eigenvalue weighted by atomic mass is 16.3. The van der Waals surface area contributed by atoms with Crippen molar-refractivity contribution >= 4 is 121 Å². The number of rotatable bonds is 1. The summed E-state index contributed by atoms with van der Waals surface area (Å²) in [6.45, 7) is 0. The second kappa shape index (κ2) is 10.1. The van der Waals surface area contributed by atoms with Gasteiger partial charge in [-0.25, -0.2) is 9.97 Å². The minimum absolute atomic E-state index is 0.867. The Hall–Kier alpha value is -7.70. The fourth-order valence-corrected chi connectivity index (χ4v) is 9.51. The predicted octanol–water partition coefficient (Wildman–Crippen LogP) is 13.4. The summed E-state index contributed by atoms with van der Waals surface area (Å²) in [5.74, 6) is 0. The molecule has 6 aromatic heterocycles. The van der Waals surface area contributed by atoms with Gasteiger partial charge in [0.25, 0.3) is 0 Å². The van der Waals surface area contributed by atoms with Gasteiger partial charge >= 0.3 is 0 Å². The van der Waals surface area contributed by atoms with E-state index in [1.165, 1.54) is 10.8 Å². The predicted molar refractivity (Wildman–Crippen MR) is 229 cm³/mol. The second-order valence-electron chi connectivity index (χ2n) is 15.0. The van der Waals surface area contributed by atoms with Gasteiger partial charge in [0.05, 0.1) is 33.1 Å². The average Bonchev–Trinajstić information content (AvgIpc) is 4.02. The number of aromatic nitrogens is 4. The van der Waals surface area contributed by atoms with E-state index >= 15 is 0 Å². The van der Waals surface area contributed by atoms with Gasteiger partial charge in [-0.15, -0.1) is 0 Å². The van der Waals surface area contributed by atoms with E-state index in [2.05, 4.69) is 142 Å². The number of pyridine rings is 2. The van der Waals surface area contributed by atoms with Gasteiger partial charge in [0, 0.05) is 49.2 Å². The topological polar surface area (TPSA) is 60.9 Å². The summed E-state index contributed by atoms with van der Waals surface area (Å²) in [5, 5.41) is 11.3. The first-order valence-electron chi connectivity index (χ1n) is 18.9. The maximum Gasteiger partial charge on any atom is 0.146 e. The van der Waals surface area contributed by atoms with Crippen LogP contribution in [-0.2, 0) is 0 Å². The van der Waals surface area contributed by atoms with Crippen molar-refractivity contribution in [1.82, 2.24) is 18.8 Å². The van der Waals surface area contributed by atoms with Crippen molar-refractivity contribution in [1.29, 1.82) is 0 Å². The van der Waals surface area contributed by atoms with E-state index < -0.39 is 0 Å². The number of hydrogen-bond donors (Lipinski definition) is 0. The van der Waals surface area contributed by atoms with Gasteiger partial charge in [0.15, 0.2) is 0 Å². The molecule has 0 unspecified atom stereocenters. The van der Waals surface area contributed by atoms with Crippen LogP contribution in [0.15, 0.2) is 167 Å². The molecule has 0 N–H and O–H groups in total. The fraction of sp³-hybridized carbons (Fsp3) is 0. The third-order valence-electron chi connectivity index (χ3n) is 12.0. The number of benzene rings is 8. The van der Waals surface area contributed by atoms with Gasteiger partial charge < -0.3 is 8.83 Å². The van der Waals surface area contributed by atoms with Gasteiger partial charge in [-0.1, -0.05) is 84.9 Å². The largest absolute Gasteiger partial charge is 0.456 e. The first-order chi connectivity index (χ1) is 27.7. The van der Waals surface area contributed by atoms with E-state index in [1.54, 1.807) is 0 Å². The summed E-state index contributed by atoms with van der Waals surface area (Å²) in [6.07, 6.45) is 0. The molecule has 6 heteroatoms. The van der Waals surface area contributed by atoms with Gasteiger partial charge in [-0.05, 0) is 88.6 Å². The minimum atomic E-state index is 0.867. The maximum atomic E-state index is 6.45. The van der Waals surface area contributed by atoms with Crippen molar-refractivity contribution in [3.63, 3.8) is 0 Å². The summed E-state index contributed by atoms with van der Waals surface area (Å²) in [5.41, 5.74) is 13.8. The molecule has 0 aliphatic rings. The van der Waals surface area contributed by atoms with Crippen LogP contribution < -0.4 is 0 Å². The molecule has 0 spiro atoms. The molecule has 0 radical (unpaired) electrons. The average molecular weight is 715 g/mol.